The molecule has 3 nitrogen and oxygen atoms in total. The number of halogens is 3. The van der Waals surface area contributed by atoms with Crippen LogP contribution >= 0.6 is 0 Å². The Morgan fingerprint density at radius 2 is 1.65 bits per heavy atom. The Balaban J connectivity index is 2.19. The smallest absolute Gasteiger partial charge is 0.259 e. The third-order valence-corrected chi connectivity index (χ3v) is 3.83. The Bertz CT molecular complexity index is 490. The summed E-state index contributed by atoms with van der Waals surface area (Å²) in [7, 11) is 1.51. The van der Waals surface area contributed by atoms with E-state index in [4.69, 9.17) is 5.73 Å². The van der Waals surface area contributed by atoms with Gasteiger partial charge in [0.05, 0.1) is 0 Å². The van der Waals surface area contributed by atoms with Gasteiger partial charge in [-0.05, 0) is 25.7 Å². The lowest BCUT2D eigenvalue weighted by molar-refractivity contribution is 0.0680. The monoisotopic (exact) mass is 286 g/mol. The zero-order valence-electron chi connectivity index (χ0n) is 11.2. The van der Waals surface area contributed by atoms with Crippen LogP contribution in [0, 0.1) is 17.5 Å². The number of hydrogen-bond acceptors (Lipinski definition) is 2. The van der Waals surface area contributed by atoms with E-state index in [1.807, 2.05) is 0 Å². The minimum absolute atomic E-state index is 0.0915. The molecule has 1 aromatic carbocycles. The molecule has 0 aliphatic heterocycles. The van der Waals surface area contributed by atoms with E-state index in [1.54, 1.807) is 0 Å². The lowest BCUT2D eigenvalue weighted by Crippen LogP contribution is -2.42. The summed E-state index contributed by atoms with van der Waals surface area (Å²) < 4.78 is 40.1. The van der Waals surface area contributed by atoms with Gasteiger partial charge in [-0.3, -0.25) is 4.79 Å². The Hall–Kier alpha value is -1.56. The minimum atomic E-state index is -1.17. The molecule has 1 aromatic rings. The lowest BCUT2D eigenvalue weighted by Gasteiger charge is -2.33. The van der Waals surface area contributed by atoms with Crippen LogP contribution in [-0.2, 0) is 0 Å². The molecule has 0 spiro atoms. The van der Waals surface area contributed by atoms with Gasteiger partial charge < -0.3 is 10.6 Å². The predicted molar refractivity (Wildman–Crippen MR) is 68.6 cm³/mol. The maximum Gasteiger partial charge on any atom is 0.259 e. The van der Waals surface area contributed by atoms with E-state index in [-0.39, 0.29) is 12.1 Å². The zero-order chi connectivity index (χ0) is 14.9. The molecule has 6 heteroatoms. The van der Waals surface area contributed by atoms with Crippen LogP contribution in [0.25, 0.3) is 0 Å². The molecule has 0 radical (unpaired) electrons. The van der Waals surface area contributed by atoms with Gasteiger partial charge in [-0.15, -0.1) is 0 Å². The highest BCUT2D eigenvalue weighted by atomic mass is 19.1. The summed E-state index contributed by atoms with van der Waals surface area (Å²) in [4.78, 5) is 13.5. The number of benzene rings is 1. The average Bonchev–Trinajstić information content (AvgIpc) is 2.37. The van der Waals surface area contributed by atoms with Gasteiger partial charge >= 0.3 is 0 Å². The number of rotatable bonds is 2. The second kappa shape index (κ2) is 5.83. The summed E-state index contributed by atoms with van der Waals surface area (Å²) >= 11 is 0. The van der Waals surface area contributed by atoms with Gasteiger partial charge in [0.2, 0.25) is 0 Å². The van der Waals surface area contributed by atoms with Gasteiger partial charge in [-0.25, -0.2) is 13.2 Å². The molecule has 20 heavy (non-hydrogen) atoms. The third kappa shape index (κ3) is 2.95. The Kier molecular flexibility index (Phi) is 4.32. The number of nitrogens with zero attached hydrogens (tertiary/aromatic N) is 1. The standard InChI is InChI=1S/C14H17F3N2O/c1-19(10-4-2-9(18)3-5-10)14(20)13-11(16)6-8(15)7-12(13)17/h6-7,9-10H,2-5,18H2,1H3. The van der Waals surface area contributed by atoms with Crippen molar-refractivity contribution in [3.8, 4) is 0 Å². The number of nitrogens with two attached hydrogens (primary N) is 1. The second-order valence-corrected chi connectivity index (χ2v) is 5.23. The van der Waals surface area contributed by atoms with Crippen LogP contribution in [0.3, 0.4) is 0 Å². The highest BCUT2D eigenvalue weighted by molar-refractivity contribution is 5.94. The van der Waals surface area contributed by atoms with E-state index < -0.39 is 28.9 Å². The van der Waals surface area contributed by atoms with Crippen LogP contribution in [0.15, 0.2) is 12.1 Å². The zero-order valence-corrected chi connectivity index (χ0v) is 11.2. The molecular weight excluding hydrogens is 269 g/mol. The fourth-order valence-corrected chi connectivity index (χ4v) is 2.58. The first-order valence-electron chi connectivity index (χ1n) is 6.57. The van der Waals surface area contributed by atoms with Gasteiger partial charge in [0.25, 0.3) is 5.91 Å². The molecule has 1 aliphatic rings. The van der Waals surface area contributed by atoms with Crippen molar-refractivity contribution in [3.63, 3.8) is 0 Å². The van der Waals surface area contributed by atoms with Gasteiger partial charge in [-0.1, -0.05) is 0 Å². The predicted octanol–water partition coefficient (Wildman–Crippen LogP) is 2.45. The number of amides is 1. The molecule has 0 saturated heterocycles. The number of carbonyl (C=O) groups excluding carboxylic acids is 1. The second-order valence-electron chi connectivity index (χ2n) is 5.23. The molecule has 2 rings (SSSR count). The number of carbonyl (C=O) groups is 1. The van der Waals surface area contributed by atoms with Gasteiger partial charge in [0, 0.05) is 31.3 Å². The van der Waals surface area contributed by atoms with E-state index in [1.165, 1.54) is 11.9 Å². The molecule has 1 saturated carbocycles. The molecule has 2 N–H and O–H groups in total. The highest BCUT2D eigenvalue weighted by Gasteiger charge is 2.29. The first-order chi connectivity index (χ1) is 9.40. The summed E-state index contributed by atoms with van der Waals surface area (Å²) in [6.45, 7) is 0. The van der Waals surface area contributed by atoms with Crippen molar-refractivity contribution >= 4 is 5.91 Å². The lowest BCUT2D eigenvalue weighted by atomic mass is 9.90. The van der Waals surface area contributed by atoms with Crippen molar-refractivity contribution in [1.82, 2.24) is 4.90 Å². The van der Waals surface area contributed by atoms with E-state index in [2.05, 4.69) is 0 Å². The molecule has 0 heterocycles. The van der Waals surface area contributed by atoms with Crippen LogP contribution in [0.5, 0.6) is 0 Å². The summed E-state index contributed by atoms with van der Waals surface area (Å²) in [6.07, 6.45) is 2.95. The van der Waals surface area contributed by atoms with Crippen molar-refractivity contribution in [2.45, 2.75) is 37.8 Å². The summed E-state index contributed by atoms with van der Waals surface area (Å²) in [6, 6.07) is 1.06. The van der Waals surface area contributed by atoms with E-state index >= 15 is 0 Å². The van der Waals surface area contributed by atoms with E-state index in [9.17, 15) is 18.0 Å². The summed E-state index contributed by atoms with van der Waals surface area (Å²) in [5.74, 6) is -4.15. The molecule has 1 amide bonds. The topological polar surface area (TPSA) is 46.3 Å². The van der Waals surface area contributed by atoms with E-state index in [0.29, 0.717) is 25.0 Å². The Morgan fingerprint density at radius 1 is 1.15 bits per heavy atom. The van der Waals surface area contributed by atoms with Crippen molar-refractivity contribution in [2.75, 3.05) is 7.05 Å². The Labute approximate surface area is 115 Å². The van der Waals surface area contributed by atoms with Crippen LogP contribution in [0.2, 0.25) is 0 Å². The van der Waals surface area contributed by atoms with Crippen LogP contribution < -0.4 is 5.73 Å². The molecule has 0 bridgehead atoms. The summed E-state index contributed by atoms with van der Waals surface area (Å²) in [5.41, 5.74) is 5.08. The molecule has 110 valence electrons. The first-order valence-corrected chi connectivity index (χ1v) is 6.57. The molecule has 1 fully saturated rings. The third-order valence-electron chi connectivity index (χ3n) is 3.83. The number of hydrogen-bond donors (Lipinski definition) is 1. The van der Waals surface area contributed by atoms with Crippen molar-refractivity contribution < 1.29 is 18.0 Å². The molecule has 0 aromatic heterocycles. The van der Waals surface area contributed by atoms with Gasteiger partial charge in [0.15, 0.2) is 0 Å². The summed E-state index contributed by atoms with van der Waals surface area (Å²) in [5, 5.41) is 0. The molecule has 0 atom stereocenters. The fraction of sp³-hybridized carbons (Fsp3) is 0.500. The Morgan fingerprint density at radius 3 is 2.15 bits per heavy atom. The van der Waals surface area contributed by atoms with Gasteiger partial charge in [0.1, 0.15) is 23.0 Å². The average molecular weight is 286 g/mol. The van der Waals surface area contributed by atoms with Crippen LogP contribution in [0.1, 0.15) is 36.0 Å². The van der Waals surface area contributed by atoms with Crippen molar-refractivity contribution in [3.05, 3.63) is 35.1 Å². The van der Waals surface area contributed by atoms with Crippen molar-refractivity contribution in [2.24, 2.45) is 5.73 Å². The maximum absolute atomic E-state index is 13.6. The highest BCUT2D eigenvalue weighted by Crippen LogP contribution is 2.24. The quantitative estimate of drug-likeness (QED) is 0.907. The van der Waals surface area contributed by atoms with Gasteiger partial charge in [-0.2, -0.15) is 0 Å². The first kappa shape index (κ1) is 14.8. The molecule has 0 unspecified atom stereocenters. The van der Waals surface area contributed by atoms with E-state index in [0.717, 1.165) is 12.8 Å². The molecular formula is C14H17F3N2O. The largest absolute Gasteiger partial charge is 0.339 e. The fourth-order valence-electron chi connectivity index (χ4n) is 2.58. The SMILES string of the molecule is CN(C(=O)c1c(F)cc(F)cc1F)C1CCC(N)CC1. The normalized spacial score (nSPS) is 22.6. The van der Waals surface area contributed by atoms with Crippen LogP contribution in [-0.4, -0.2) is 29.9 Å². The van der Waals surface area contributed by atoms with Crippen LogP contribution in [0.4, 0.5) is 13.2 Å². The maximum atomic E-state index is 13.6. The van der Waals surface area contributed by atoms with Crippen molar-refractivity contribution in [1.29, 1.82) is 0 Å². The minimum Gasteiger partial charge on any atom is -0.339 e. The molecule has 1 aliphatic carbocycles.